The van der Waals surface area contributed by atoms with Crippen LogP contribution < -0.4 is 0 Å². The Labute approximate surface area is 363 Å². The maximum absolute atomic E-state index is 5.34. The predicted molar refractivity (Wildman–Crippen MR) is 261 cm³/mol. The first-order valence-corrected chi connectivity index (χ1v) is 21.4. The number of aromatic nitrogens is 5. The number of hydrogen-bond donors (Lipinski definition) is 0. The van der Waals surface area contributed by atoms with E-state index in [4.69, 9.17) is 9.97 Å². The summed E-state index contributed by atoms with van der Waals surface area (Å²) in [5.41, 5.74) is 15.1. The summed E-state index contributed by atoms with van der Waals surface area (Å²) in [6.45, 7) is 0. The first-order valence-electron chi connectivity index (χ1n) is 21.4. The van der Waals surface area contributed by atoms with Gasteiger partial charge >= 0.3 is 0 Å². The Hall–Kier alpha value is -8.54. The molecule has 0 aliphatic heterocycles. The van der Waals surface area contributed by atoms with Gasteiger partial charge in [0, 0.05) is 60.4 Å². The minimum Gasteiger partial charge on any atom is -0.309 e. The second-order valence-corrected chi connectivity index (χ2v) is 16.1. The molecule has 0 saturated heterocycles. The van der Waals surface area contributed by atoms with E-state index in [9.17, 15) is 0 Å². The van der Waals surface area contributed by atoms with Gasteiger partial charge in [0.1, 0.15) is 0 Å². The van der Waals surface area contributed by atoms with Gasteiger partial charge in [-0.2, -0.15) is 0 Å². The van der Waals surface area contributed by atoms with Crippen molar-refractivity contribution >= 4 is 65.4 Å². The first-order chi connectivity index (χ1) is 31.3. The monoisotopic (exact) mass is 803 g/mol. The molecule has 5 heteroatoms. The molecule has 0 radical (unpaired) electrons. The van der Waals surface area contributed by atoms with Gasteiger partial charge in [-0.25, -0.2) is 9.97 Å². The molecule has 0 saturated carbocycles. The van der Waals surface area contributed by atoms with E-state index in [1.165, 1.54) is 32.6 Å². The Kier molecular flexibility index (Phi) is 7.84. The van der Waals surface area contributed by atoms with Crippen molar-refractivity contribution < 1.29 is 0 Å². The van der Waals surface area contributed by atoms with Crippen molar-refractivity contribution in [3.05, 3.63) is 224 Å². The van der Waals surface area contributed by atoms with Crippen molar-refractivity contribution in [3.63, 3.8) is 0 Å². The van der Waals surface area contributed by atoms with Gasteiger partial charge in [-0.3, -0.25) is 0 Å². The van der Waals surface area contributed by atoms with Crippen molar-refractivity contribution in [1.82, 2.24) is 23.7 Å². The highest BCUT2D eigenvalue weighted by Gasteiger charge is 2.25. The van der Waals surface area contributed by atoms with Crippen LogP contribution >= 0.6 is 0 Å². The van der Waals surface area contributed by atoms with E-state index in [1.54, 1.807) is 0 Å². The molecule has 0 atom stereocenters. The van der Waals surface area contributed by atoms with Gasteiger partial charge in [-0.05, 0) is 60.7 Å². The van der Waals surface area contributed by atoms with Crippen LogP contribution in [0.15, 0.2) is 224 Å². The molecule has 0 amide bonds. The van der Waals surface area contributed by atoms with Gasteiger partial charge in [0.25, 0.3) is 0 Å². The largest absolute Gasteiger partial charge is 0.309 e. The van der Waals surface area contributed by atoms with Crippen LogP contribution in [0.1, 0.15) is 0 Å². The number of benzene rings is 9. The fourth-order valence-corrected chi connectivity index (χ4v) is 10.0. The third-order valence-electron chi connectivity index (χ3n) is 12.6. The summed E-state index contributed by atoms with van der Waals surface area (Å²) < 4.78 is 7.39. The second kappa shape index (κ2) is 14.0. The topological polar surface area (TPSA) is 40.6 Å². The summed E-state index contributed by atoms with van der Waals surface area (Å²) in [6, 6.07) is 80.1. The van der Waals surface area contributed by atoms with Crippen LogP contribution in [0, 0.1) is 0 Å². The molecular weight excluding hydrogens is 767 g/mol. The van der Waals surface area contributed by atoms with E-state index in [1.807, 2.05) is 24.3 Å². The van der Waals surface area contributed by atoms with Gasteiger partial charge < -0.3 is 13.7 Å². The summed E-state index contributed by atoms with van der Waals surface area (Å²) in [7, 11) is 0. The highest BCUT2D eigenvalue weighted by atomic mass is 15.1. The normalized spacial score (nSPS) is 11.8. The number of hydrogen-bond acceptors (Lipinski definition) is 2. The zero-order valence-corrected chi connectivity index (χ0v) is 34.1. The smallest absolute Gasteiger partial charge is 0.160 e. The molecule has 0 spiro atoms. The van der Waals surface area contributed by atoms with Crippen molar-refractivity contribution in [2.45, 2.75) is 0 Å². The maximum atomic E-state index is 5.34. The highest BCUT2D eigenvalue weighted by molar-refractivity contribution is 6.27. The highest BCUT2D eigenvalue weighted by Crippen LogP contribution is 2.46. The first kappa shape index (κ1) is 35.2. The zero-order valence-electron chi connectivity index (χ0n) is 34.1. The third-order valence-corrected chi connectivity index (χ3v) is 12.6. The molecule has 0 aliphatic carbocycles. The molecule has 63 heavy (non-hydrogen) atoms. The molecule has 4 aromatic heterocycles. The van der Waals surface area contributed by atoms with Gasteiger partial charge in [0.2, 0.25) is 0 Å². The molecule has 5 nitrogen and oxygen atoms in total. The molecule has 0 aliphatic rings. The number of para-hydroxylation sites is 5. The second-order valence-electron chi connectivity index (χ2n) is 16.1. The Balaban J connectivity index is 1.15. The summed E-state index contributed by atoms with van der Waals surface area (Å²) in [5, 5.41) is 7.20. The minimum atomic E-state index is 0.695. The van der Waals surface area contributed by atoms with Crippen LogP contribution in [0.5, 0.6) is 0 Å². The molecule has 0 unspecified atom stereocenters. The lowest BCUT2D eigenvalue weighted by Gasteiger charge is -2.14. The van der Waals surface area contributed by atoms with E-state index >= 15 is 0 Å². The predicted octanol–water partition coefficient (Wildman–Crippen LogP) is 14.8. The van der Waals surface area contributed by atoms with E-state index < -0.39 is 0 Å². The lowest BCUT2D eigenvalue weighted by Crippen LogP contribution is -2.00. The average Bonchev–Trinajstić information content (AvgIpc) is 4.01. The van der Waals surface area contributed by atoms with Crippen LogP contribution in [-0.2, 0) is 0 Å². The van der Waals surface area contributed by atoms with Crippen LogP contribution in [0.4, 0.5) is 0 Å². The maximum Gasteiger partial charge on any atom is 0.160 e. The van der Waals surface area contributed by atoms with Crippen molar-refractivity contribution in [3.8, 4) is 51.0 Å². The van der Waals surface area contributed by atoms with Crippen molar-refractivity contribution in [1.29, 1.82) is 0 Å². The Morgan fingerprint density at radius 3 is 1.54 bits per heavy atom. The minimum absolute atomic E-state index is 0.695. The van der Waals surface area contributed by atoms with Gasteiger partial charge in [-0.15, -0.1) is 0 Å². The van der Waals surface area contributed by atoms with Crippen LogP contribution in [0.2, 0.25) is 0 Å². The van der Waals surface area contributed by atoms with Crippen LogP contribution in [0.25, 0.3) is 116 Å². The fourth-order valence-electron chi connectivity index (χ4n) is 10.0. The molecule has 0 N–H and O–H groups in total. The molecule has 294 valence electrons. The van der Waals surface area contributed by atoms with Gasteiger partial charge in [-0.1, -0.05) is 164 Å². The summed E-state index contributed by atoms with van der Waals surface area (Å²) >= 11 is 0. The van der Waals surface area contributed by atoms with E-state index in [2.05, 4.69) is 214 Å². The molecular formula is C58H37N5. The molecule has 13 rings (SSSR count). The molecule has 9 aromatic carbocycles. The Bertz CT molecular complexity index is 3820. The fraction of sp³-hybridized carbons (Fsp3) is 0. The van der Waals surface area contributed by atoms with Gasteiger partial charge in [0.05, 0.1) is 50.2 Å². The number of nitrogens with zero attached hydrogens (tertiary/aromatic N) is 5. The van der Waals surface area contributed by atoms with Crippen molar-refractivity contribution in [2.75, 3.05) is 0 Å². The van der Waals surface area contributed by atoms with E-state index in [0.717, 1.165) is 78.0 Å². The van der Waals surface area contributed by atoms with E-state index in [0.29, 0.717) is 5.82 Å². The lowest BCUT2D eigenvalue weighted by molar-refractivity contribution is 1.13. The molecule has 0 fully saturated rings. The van der Waals surface area contributed by atoms with Crippen LogP contribution in [0.3, 0.4) is 0 Å². The lowest BCUT2D eigenvalue weighted by atomic mass is 10.0. The molecule has 4 heterocycles. The zero-order chi connectivity index (χ0) is 41.4. The summed E-state index contributed by atoms with van der Waals surface area (Å²) in [4.78, 5) is 10.5. The standard InChI is InChI=1S/C58H37N5/c1-5-19-38(20-6-1)47-37-48(60-58(59-47)39-21-7-2-8-22-39)44-29-17-33-51-54(44)46-30-18-34-53(56(46)62(51)41-25-11-4-12-26-41)63-50-32-16-14-28-45(50)55-52(63)36-35-43-42-27-13-15-31-49(42)61(57(43)55)40-23-9-3-10-24-40/h1-37H. The molecule has 0 bridgehead atoms. The SMILES string of the molecule is c1ccc(-c2cc(-c3cccc4c3c3cccc(-n5c6ccccc6c6c5ccc5c7ccccc7n(-c7ccccc7)c56)c3n4-c3ccccc3)nc(-c3ccccc3)n2)cc1. The average molecular weight is 804 g/mol. The third kappa shape index (κ3) is 5.36. The molecule has 13 aromatic rings. The van der Waals surface area contributed by atoms with Crippen LogP contribution in [-0.4, -0.2) is 23.7 Å². The Morgan fingerprint density at radius 2 is 0.825 bits per heavy atom. The number of rotatable bonds is 6. The Morgan fingerprint density at radius 1 is 0.302 bits per heavy atom. The summed E-state index contributed by atoms with van der Waals surface area (Å²) in [5.74, 6) is 0.695. The quantitative estimate of drug-likeness (QED) is 0.168. The van der Waals surface area contributed by atoms with Gasteiger partial charge in [0.15, 0.2) is 5.82 Å². The number of fused-ring (bicyclic) bond motifs is 10. The van der Waals surface area contributed by atoms with Crippen molar-refractivity contribution in [2.24, 2.45) is 0 Å². The van der Waals surface area contributed by atoms with E-state index in [-0.39, 0.29) is 0 Å². The summed E-state index contributed by atoms with van der Waals surface area (Å²) in [6.07, 6.45) is 0.